The lowest BCUT2D eigenvalue weighted by Crippen LogP contribution is -2.39. The van der Waals surface area contributed by atoms with Crippen LogP contribution in [-0.4, -0.2) is 49.1 Å². The lowest BCUT2D eigenvalue weighted by Gasteiger charge is -2.30. The van der Waals surface area contributed by atoms with E-state index in [1.807, 2.05) is 19.2 Å². The average molecular weight is 493 g/mol. The summed E-state index contributed by atoms with van der Waals surface area (Å²) in [6.45, 7) is 4.90. The van der Waals surface area contributed by atoms with Crippen LogP contribution >= 0.6 is 11.3 Å². The molecule has 2 heterocycles. The molecule has 1 aromatic carbocycles. The maximum atomic E-state index is 12.6. The number of amides is 1. The van der Waals surface area contributed by atoms with Crippen molar-refractivity contribution in [3.05, 3.63) is 40.3 Å². The Morgan fingerprint density at radius 1 is 1.22 bits per heavy atom. The minimum Gasteiger partial charge on any atom is -0.487 e. The molecular formula is C20H23F3N2O5S2. The van der Waals surface area contributed by atoms with Crippen LogP contribution in [0.1, 0.15) is 43.3 Å². The number of halogens is 3. The fourth-order valence-electron chi connectivity index (χ4n) is 3.17. The molecule has 1 aliphatic heterocycles. The Balaban J connectivity index is 1.53. The summed E-state index contributed by atoms with van der Waals surface area (Å²) < 4.78 is 71.4. The standard InChI is InChI=1S/C20H23F3N2O5S2/c1-13(2)30-19(26)25-9-7-14(8-10-25)18-24-15(12-31-18)11-29-16-3-5-17(6-4-16)32(27,28)20(21,22)23/h3-6,12-14H,7-11H2,1-2H3. The third kappa shape index (κ3) is 5.71. The summed E-state index contributed by atoms with van der Waals surface area (Å²) >= 11 is 1.49. The smallest absolute Gasteiger partial charge is 0.487 e. The fraction of sp³-hybridized carbons (Fsp3) is 0.500. The second kappa shape index (κ2) is 9.65. The van der Waals surface area contributed by atoms with Gasteiger partial charge in [-0.15, -0.1) is 11.3 Å². The van der Waals surface area contributed by atoms with Crippen molar-refractivity contribution in [3.8, 4) is 5.75 Å². The Morgan fingerprint density at radius 3 is 2.41 bits per heavy atom. The molecule has 32 heavy (non-hydrogen) atoms. The van der Waals surface area contributed by atoms with Gasteiger partial charge in [-0.05, 0) is 51.0 Å². The molecule has 7 nitrogen and oxygen atoms in total. The average Bonchev–Trinajstić information content (AvgIpc) is 3.20. The predicted molar refractivity (Wildman–Crippen MR) is 111 cm³/mol. The summed E-state index contributed by atoms with van der Waals surface area (Å²) in [4.78, 5) is 17.4. The van der Waals surface area contributed by atoms with Crippen LogP contribution in [0.3, 0.4) is 0 Å². The van der Waals surface area contributed by atoms with Crippen molar-refractivity contribution in [2.45, 2.75) is 55.7 Å². The number of aromatic nitrogens is 1. The van der Waals surface area contributed by atoms with E-state index in [0.29, 0.717) is 18.8 Å². The normalized spacial score (nSPS) is 15.8. The molecule has 1 aromatic heterocycles. The number of rotatable bonds is 6. The van der Waals surface area contributed by atoms with Crippen molar-refractivity contribution >= 4 is 27.3 Å². The molecule has 2 aromatic rings. The van der Waals surface area contributed by atoms with Crippen LogP contribution in [-0.2, 0) is 21.2 Å². The number of hydrogen-bond acceptors (Lipinski definition) is 7. The topological polar surface area (TPSA) is 85.8 Å². The molecule has 0 spiro atoms. The van der Waals surface area contributed by atoms with E-state index >= 15 is 0 Å². The molecule has 1 saturated heterocycles. The first-order chi connectivity index (χ1) is 15.0. The second-order valence-electron chi connectivity index (χ2n) is 7.58. The van der Waals surface area contributed by atoms with Gasteiger partial charge in [-0.2, -0.15) is 13.2 Å². The molecule has 0 aliphatic carbocycles. The molecule has 0 saturated carbocycles. The van der Waals surface area contributed by atoms with Crippen LogP contribution < -0.4 is 4.74 Å². The molecule has 0 radical (unpaired) electrons. The van der Waals surface area contributed by atoms with Crippen molar-refractivity contribution in [1.29, 1.82) is 0 Å². The first kappa shape index (κ1) is 24.3. The Bertz CT molecular complexity index is 1030. The van der Waals surface area contributed by atoms with Gasteiger partial charge in [0.15, 0.2) is 0 Å². The van der Waals surface area contributed by atoms with Crippen molar-refractivity contribution in [1.82, 2.24) is 9.88 Å². The highest BCUT2D eigenvalue weighted by Crippen LogP contribution is 2.32. The van der Waals surface area contributed by atoms with Gasteiger partial charge in [0.1, 0.15) is 12.4 Å². The summed E-state index contributed by atoms with van der Waals surface area (Å²) in [5, 5.41) is 2.78. The van der Waals surface area contributed by atoms with Crippen molar-refractivity contribution in [2.75, 3.05) is 13.1 Å². The maximum Gasteiger partial charge on any atom is 0.501 e. The van der Waals surface area contributed by atoms with E-state index in [1.54, 1.807) is 4.90 Å². The molecule has 0 N–H and O–H groups in total. The third-order valence-electron chi connectivity index (χ3n) is 4.83. The highest BCUT2D eigenvalue weighted by molar-refractivity contribution is 7.92. The van der Waals surface area contributed by atoms with Gasteiger partial charge in [0.2, 0.25) is 0 Å². The van der Waals surface area contributed by atoms with Crippen LogP contribution in [0.4, 0.5) is 18.0 Å². The summed E-state index contributed by atoms with van der Waals surface area (Å²) in [6, 6.07) is 4.08. The molecule has 3 rings (SSSR count). The number of hydrogen-bond donors (Lipinski definition) is 0. The summed E-state index contributed by atoms with van der Waals surface area (Å²) in [6.07, 6.45) is 1.08. The zero-order chi connectivity index (χ0) is 23.5. The molecule has 1 fully saturated rings. The molecule has 1 amide bonds. The molecule has 176 valence electrons. The van der Waals surface area contributed by atoms with E-state index in [4.69, 9.17) is 9.47 Å². The quantitative estimate of drug-likeness (QED) is 0.579. The number of sulfone groups is 1. The van der Waals surface area contributed by atoms with Crippen molar-refractivity contribution in [2.24, 2.45) is 0 Å². The zero-order valence-electron chi connectivity index (χ0n) is 17.5. The number of benzene rings is 1. The van der Waals surface area contributed by atoms with Crippen LogP contribution in [0.25, 0.3) is 0 Å². The Kier molecular flexibility index (Phi) is 7.33. The van der Waals surface area contributed by atoms with E-state index in [1.165, 1.54) is 23.5 Å². The van der Waals surface area contributed by atoms with Gasteiger partial charge in [0, 0.05) is 24.4 Å². The molecule has 0 bridgehead atoms. The second-order valence-corrected chi connectivity index (χ2v) is 10.4. The number of ether oxygens (including phenoxy) is 2. The van der Waals surface area contributed by atoms with Crippen molar-refractivity contribution < 1.29 is 35.9 Å². The van der Waals surface area contributed by atoms with Crippen LogP contribution in [0.5, 0.6) is 5.75 Å². The van der Waals surface area contributed by atoms with E-state index in [9.17, 15) is 26.4 Å². The molecule has 0 atom stereocenters. The van der Waals surface area contributed by atoms with Gasteiger partial charge in [0.05, 0.1) is 21.7 Å². The zero-order valence-corrected chi connectivity index (χ0v) is 19.1. The van der Waals surface area contributed by atoms with Gasteiger partial charge in [-0.3, -0.25) is 0 Å². The van der Waals surface area contributed by atoms with E-state index in [0.717, 1.165) is 30.0 Å². The summed E-state index contributed by atoms with van der Waals surface area (Å²) in [5.74, 6) is 0.460. The molecular weight excluding hydrogens is 469 g/mol. The maximum absolute atomic E-state index is 12.6. The van der Waals surface area contributed by atoms with Gasteiger partial charge >= 0.3 is 11.6 Å². The van der Waals surface area contributed by atoms with Gasteiger partial charge in [-0.1, -0.05) is 0 Å². The summed E-state index contributed by atoms with van der Waals surface area (Å²) in [5.41, 5.74) is -4.68. The Morgan fingerprint density at radius 2 is 1.84 bits per heavy atom. The first-order valence-electron chi connectivity index (χ1n) is 9.91. The minimum atomic E-state index is -5.38. The lowest BCUT2D eigenvalue weighted by molar-refractivity contribution is -0.0436. The predicted octanol–water partition coefficient (Wildman–Crippen LogP) is 4.74. The number of carbonyl (C=O) groups excluding carboxylic acids is 1. The lowest BCUT2D eigenvalue weighted by atomic mass is 9.98. The Hall–Kier alpha value is -2.34. The van der Waals surface area contributed by atoms with Gasteiger partial charge < -0.3 is 14.4 Å². The minimum absolute atomic E-state index is 0.0986. The van der Waals surface area contributed by atoms with E-state index < -0.39 is 20.2 Å². The molecule has 0 unspecified atom stereocenters. The highest BCUT2D eigenvalue weighted by atomic mass is 32.2. The van der Waals surface area contributed by atoms with Gasteiger partial charge in [0.25, 0.3) is 9.84 Å². The van der Waals surface area contributed by atoms with E-state index in [2.05, 4.69) is 4.98 Å². The number of nitrogens with zero attached hydrogens (tertiary/aromatic N) is 2. The van der Waals surface area contributed by atoms with Crippen LogP contribution in [0.2, 0.25) is 0 Å². The number of piperidine rings is 1. The van der Waals surface area contributed by atoms with Crippen LogP contribution in [0.15, 0.2) is 34.5 Å². The number of thiazole rings is 1. The monoisotopic (exact) mass is 492 g/mol. The van der Waals surface area contributed by atoms with Crippen LogP contribution in [0, 0.1) is 0 Å². The molecule has 12 heteroatoms. The Labute approximate surface area is 188 Å². The van der Waals surface area contributed by atoms with Crippen molar-refractivity contribution in [3.63, 3.8) is 0 Å². The number of alkyl halides is 3. The molecule has 1 aliphatic rings. The van der Waals surface area contributed by atoms with Gasteiger partial charge in [-0.25, -0.2) is 18.2 Å². The SMILES string of the molecule is CC(C)OC(=O)N1CCC(c2nc(COc3ccc(S(=O)(=O)C(F)(F)F)cc3)cs2)CC1. The largest absolute Gasteiger partial charge is 0.501 e. The number of carbonyl (C=O) groups is 1. The third-order valence-corrected chi connectivity index (χ3v) is 7.39. The fourth-order valence-corrected chi connectivity index (χ4v) is 4.90. The van der Waals surface area contributed by atoms with E-state index in [-0.39, 0.29) is 30.5 Å². The first-order valence-corrected chi connectivity index (χ1v) is 12.3. The summed E-state index contributed by atoms with van der Waals surface area (Å²) in [7, 11) is -5.38. The number of likely N-dealkylation sites (tertiary alicyclic amines) is 1. The highest BCUT2D eigenvalue weighted by Gasteiger charge is 2.46.